The van der Waals surface area contributed by atoms with Gasteiger partial charge in [-0.1, -0.05) is 19.8 Å². The summed E-state index contributed by atoms with van der Waals surface area (Å²) in [5.74, 6) is 0.965. The van der Waals surface area contributed by atoms with Crippen LogP contribution in [0.4, 0.5) is 4.39 Å². The van der Waals surface area contributed by atoms with Crippen LogP contribution in [0.25, 0.3) is 11.0 Å². The molecule has 1 saturated carbocycles. The second-order valence-electron chi connectivity index (χ2n) is 7.88. The number of aromatic nitrogens is 4. The van der Waals surface area contributed by atoms with Crippen LogP contribution in [0.2, 0.25) is 0 Å². The minimum absolute atomic E-state index is 0.185. The summed E-state index contributed by atoms with van der Waals surface area (Å²) in [6.45, 7) is 4.83. The third-order valence-corrected chi connectivity index (χ3v) is 6.54. The highest BCUT2D eigenvalue weighted by Gasteiger charge is 2.32. The lowest BCUT2D eigenvalue weighted by Gasteiger charge is -2.32. The molecule has 1 aromatic carbocycles. The van der Waals surface area contributed by atoms with Gasteiger partial charge in [-0.25, -0.2) is 9.37 Å². The van der Waals surface area contributed by atoms with Crippen LogP contribution < -0.4 is 5.32 Å². The second-order valence-corrected chi connectivity index (χ2v) is 8.74. The lowest BCUT2D eigenvalue weighted by molar-refractivity contribution is 0.0894. The molecule has 0 spiro atoms. The summed E-state index contributed by atoms with van der Waals surface area (Å²) in [7, 11) is 0. The molecule has 1 fully saturated rings. The van der Waals surface area contributed by atoms with Crippen molar-refractivity contribution in [3.8, 4) is 0 Å². The first-order valence-corrected chi connectivity index (χ1v) is 10.9. The lowest BCUT2D eigenvalue weighted by atomic mass is 9.79. The molecule has 2 N–H and O–H groups in total. The summed E-state index contributed by atoms with van der Waals surface area (Å²) in [6, 6.07) is 4.87. The Balaban J connectivity index is 1.69. The number of imidazole rings is 1. The van der Waals surface area contributed by atoms with Gasteiger partial charge in [0.15, 0.2) is 5.82 Å². The SMILES string of the molecule is CCn1nccc1C(=O)N[C@H](c1nc2c(F)c(Br)ccc2[nH]1)C1CCC(C)CC1. The predicted molar refractivity (Wildman–Crippen MR) is 113 cm³/mol. The van der Waals surface area contributed by atoms with Crippen molar-refractivity contribution in [2.75, 3.05) is 0 Å². The number of carbonyl (C=O) groups is 1. The molecule has 0 unspecified atom stereocenters. The van der Waals surface area contributed by atoms with Gasteiger partial charge in [-0.2, -0.15) is 5.10 Å². The van der Waals surface area contributed by atoms with Crippen molar-refractivity contribution in [2.45, 2.75) is 52.1 Å². The fourth-order valence-electron chi connectivity index (χ4n) is 4.21. The molecule has 154 valence electrons. The number of carbonyl (C=O) groups excluding carboxylic acids is 1. The number of aryl methyl sites for hydroxylation is 1. The van der Waals surface area contributed by atoms with Crippen molar-refractivity contribution in [2.24, 2.45) is 11.8 Å². The van der Waals surface area contributed by atoms with Gasteiger partial charge in [0.05, 0.1) is 16.0 Å². The molecule has 0 aliphatic heterocycles. The van der Waals surface area contributed by atoms with E-state index in [9.17, 15) is 9.18 Å². The summed E-state index contributed by atoms with van der Waals surface area (Å²) in [5.41, 5.74) is 1.44. The van der Waals surface area contributed by atoms with Gasteiger partial charge in [0.2, 0.25) is 0 Å². The molecule has 6 nitrogen and oxygen atoms in total. The number of benzene rings is 1. The number of amides is 1. The molecule has 8 heteroatoms. The molecule has 4 rings (SSSR count). The van der Waals surface area contributed by atoms with Gasteiger partial charge in [0.25, 0.3) is 5.91 Å². The predicted octanol–water partition coefficient (Wildman–Crippen LogP) is 4.98. The molecule has 3 aromatic rings. The van der Waals surface area contributed by atoms with Crippen LogP contribution in [0.5, 0.6) is 0 Å². The highest BCUT2D eigenvalue weighted by Crippen LogP contribution is 2.37. The largest absolute Gasteiger partial charge is 0.340 e. The van der Waals surface area contributed by atoms with Crippen molar-refractivity contribution in [3.05, 3.63) is 46.2 Å². The van der Waals surface area contributed by atoms with Gasteiger partial charge in [-0.05, 0) is 65.7 Å². The Hall–Kier alpha value is -2.22. The quantitative estimate of drug-likeness (QED) is 0.562. The molecule has 1 aliphatic rings. The number of rotatable bonds is 5. The number of nitrogens with one attached hydrogen (secondary N) is 2. The molecule has 1 atom stereocenters. The zero-order valence-corrected chi connectivity index (χ0v) is 18.2. The Morgan fingerprint density at radius 1 is 1.34 bits per heavy atom. The van der Waals surface area contributed by atoms with Gasteiger partial charge in [-0.15, -0.1) is 0 Å². The number of aromatic amines is 1. The average molecular weight is 462 g/mol. The molecule has 2 heterocycles. The van der Waals surface area contributed by atoms with Crippen LogP contribution in [0, 0.1) is 17.7 Å². The van der Waals surface area contributed by atoms with Crippen LogP contribution in [0.1, 0.15) is 61.9 Å². The van der Waals surface area contributed by atoms with E-state index in [1.807, 2.05) is 6.92 Å². The normalized spacial score (nSPS) is 20.7. The number of hydrogen-bond donors (Lipinski definition) is 2. The van der Waals surface area contributed by atoms with E-state index < -0.39 is 5.82 Å². The number of nitrogens with zero attached hydrogens (tertiary/aromatic N) is 3. The van der Waals surface area contributed by atoms with Crippen LogP contribution >= 0.6 is 15.9 Å². The van der Waals surface area contributed by atoms with Gasteiger partial charge in [-0.3, -0.25) is 9.48 Å². The first-order valence-electron chi connectivity index (χ1n) is 10.1. The van der Waals surface area contributed by atoms with E-state index in [0.717, 1.165) is 25.7 Å². The zero-order chi connectivity index (χ0) is 20.5. The molecule has 1 aliphatic carbocycles. The lowest BCUT2D eigenvalue weighted by Crippen LogP contribution is -2.36. The van der Waals surface area contributed by atoms with Gasteiger partial charge in [0, 0.05) is 12.7 Å². The average Bonchev–Trinajstić information content (AvgIpc) is 3.37. The van der Waals surface area contributed by atoms with E-state index >= 15 is 0 Å². The Morgan fingerprint density at radius 3 is 2.83 bits per heavy atom. The Labute approximate surface area is 177 Å². The first-order chi connectivity index (χ1) is 14.0. The highest BCUT2D eigenvalue weighted by atomic mass is 79.9. The first kappa shape index (κ1) is 20.1. The van der Waals surface area contributed by atoms with Crippen molar-refractivity contribution < 1.29 is 9.18 Å². The number of hydrogen-bond acceptors (Lipinski definition) is 3. The fourth-order valence-corrected chi connectivity index (χ4v) is 4.53. The van der Waals surface area contributed by atoms with Crippen LogP contribution in [0.15, 0.2) is 28.9 Å². The second kappa shape index (κ2) is 8.26. The molecule has 0 saturated heterocycles. The summed E-state index contributed by atoms with van der Waals surface area (Å²) in [6.07, 6.45) is 5.86. The third kappa shape index (κ3) is 3.95. The minimum Gasteiger partial charge on any atom is -0.340 e. The Kier molecular flexibility index (Phi) is 5.72. The van der Waals surface area contributed by atoms with E-state index in [0.29, 0.717) is 34.0 Å². The monoisotopic (exact) mass is 461 g/mol. The maximum atomic E-state index is 14.5. The molecule has 0 bridgehead atoms. The maximum absolute atomic E-state index is 14.5. The van der Waals surface area contributed by atoms with Crippen molar-refractivity contribution in [3.63, 3.8) is 0 Å². The number of H-pyrrole nitrogens is 1. The van der Waals surface area contributed by atoms with Gasteiger partial charge < -0.3 is 10.3 Å². The number of fused-ring (bicyclic) bond motifs is 1. The molecule has 0 radical (unpaired) electrons. The molecule has 1 amide bonds. The van der Waals surface area contributed by atoms with Crippen LogP contribution in [-0.2, 0) is 6.54 Å². The standard InChI is InChI=1S/C21H25BrFN5O/c1-3-28-16(10-11-24-28)21(29)27-18(13-6-4-12(2)5-7-13)20-25-15-9-8-14(22)17(23)19(15)26-20/h8-13,18H,3-7H2,1-2H3,(H,25,26)(H,27,29)/t12?,13?,18-/m0/s1. The van der Waals surface area contributed by atoms with Crippen LogP contribution in [-0.4, -0.2) is 25.7 Å². The van der Waals surface area contributed by atoms with Crippen molar-refractivity contribution in [1.29, 1.82) is 0 Å². The summed E-state index contributed by atoms with van der Waals surface area (Å²) in [5, 5.41) is 7.35. The summed E-state index contributed by atoms with van der Waals surface area (Å²) >= 11 is 3.22. The van der Waals surface area contributed by atoms with Gasteiger partial charge >= 0.3 is 0 Å². The van der Waals surface area contributed by atoms with E-state index in [2.05, 4.69) is 43.2 Å². The Bertz CT molecular complexity index is 1020. The van der Waals surface area contributed by atoms with Crippen molar-refractivity contribution in [1.82, 2.24) is 25.1 Å². The molecular formula is C21H25BrFN5O. The fraction of sp³-hybridized carbons (Fsp3) is 0.476. The minimum atomic E-state index is -0.392. The number of halogens is 2. The summed E-state index contributed by atoms with van der Waals surface area (Å²) < 4.78 is 16.6. The smallest absolute Gasteiger partial charge is 0.270 e. The zero-order valence-electron chi connectivity index (χ0n) is 16.6. The van der Waals surface area contributed by atoms with E-state index in [1.165, 1.54) is 0 Å². The van der Waals surface area contributed by atoms with Gasteiger partial charge in [0.1, 0.15) is 17.0 Å². The molecular weight excluding hydrogens is 437 g/mol. The topological polar surface area (TPSA) is 75.6 Å². The molecule has 2 aromatic heterocycles. The Morgan fingerprint density at radius 2 is 2.10 bits per heavy atom. The van der Waals surface area contributed by atoms with E-state index in [4.69, 9.17) is 0 Å². The van der Waals surface area contributed by atoms with E-state index in [-0.39, 0.29) is 23.4 Å². The summed E-state index contributed by atoms with van der Waals surface area (Å²) in [4.78, 5) is 20.8. The third-order valence-electron chi connectivity index (χ3n) is 5.93. The van der Waals surface area contributed by atoms with Crippen molar-refractivity contribution >= 4 is 32.9 Å². The molecule has 29 heavy (non-hydrogen) atoms. The van der Waals surface area contributed by atoms with Crippen LogP contribution in [0.3, 0.4) is 0 Å². The maximum Gasteiger partial charge on any atom is 0.270 e. The highest BCUT2D eigenvalue weighted by molar-refractivity contribution is 9.10. The van der Waals surface area contributed by atoms with E-state index in [1.54, 1.807) is 29.1 Å².